The lowest BCUT2D eigenvalue weighted by Gasteiger charge is -2.30. The fourth-order valence-electron chi connectivity index (χ4n) is 4.79. The van der Waals surface area contributed by atoms with E-state index in [-0.39, 0.29) is 16.9 Å². The van der Waals surface area contributed by atoms with Gasteiger partial charge in [0.1, 0.15) is 0 Å². The van der Waals surface area contributed by atoms with Crippen LogP contribution in [-0.2, 0) is 11.1 Å². The van der Waals surface area contributed by atoms with Crippen LogP contribution < -0.4 is 14.5 Å². The molecule has 29 heavy (non-hydrogen) atoms. The Morgan fingerprint density at radius 2 is 1.28 bits per heavy atom. The maximum Gasteiger partial charge on any atom is 0.403 e. The molecule has 5 nitrogen and oxygen atoms in total. The average molecular weight is 384 g/mol. The summed E-state index contributed by atoms with van der Waals surface area (Å²) in [4.78, 5) is 0. The lowest BCUT2D eigenvalue weighted by Crippen LogP contribution is -2.56. The number of aromatic nitrogens is 2. The molecule has 0 unspecified atom stereocenters. The van der Waals surface area contributed by atoms with E-state index in [0.717, 1.165) is 29.4 Å². The smallest absolute Gasteiger partial charge is 0.403 e. The Labute approximate surface area is 168 Å². The van der Waals surface area contributed by atoms with Crippen molar-refractivity contribution in [2.24, 2.45) is 0 Å². The minimum Gasteiger partial charge on any atom is -0.854 e. The van der Waals surface area contributed by atoms with Gasteiger partial charge in [-0.05, 0) is 15.8 Å². The number of rotatable bonds is 2. The lowest BCUT2D eigenvalue weighted by molar-refractivity contribution is -0.783. The van der Waals surface area contributed by atoms with Crippen molar-refractivity contribution in [3.05, 3.63) is 96.1 Å². The minimum absolute atomic E-state index is 0. The van der Waals surface area contributed by atoms with Crippen LogP contribution >= 0.6 is 0 Å². The van der Waals surface area contributed by atoms with Gasteiger partial charge in [0.25, 0.3) is 0 Å². The van der Waals surface area contributed by atoms with Crippen LogP contribution in [0.5, 0.6) is 11.8 Å². The SMILES string of the molecule is O.[O-]c1n[n+]2c(c3ccccc13)OC(c1ccccc1)(c1ccccc1)C21CC1. The monoisotopic (exact) mass is 384 g/mol. The quantitative estimate of drug-likeness (QED) is 0.498. The molecule has 0 saturated heterocycles. The van der Waals surface area contributed by atoms with Gasteiger partial charge in [0, 0.05) is 29.4 Å². The van der Waals surface area contributed by atoms with Gasteiger partial charge in [-0.1, -0.05) is 78.9 Å². The van der Waals surface area contributed by atoms with Crippen LogP contribution in [0, 0.1) is 0 Å². The van der Waals surface area contributed by atoms with E-state index >= 15 is 0 Å². The van der Waals surface area contributed by atoms with E-state index in [2.05, 4.69) is 29.4 Å². The standard InChI is InChI=1S/C24H18N2O2.H2O/c27-21-19-13-7-8-14-20(19)22-26(25-21)23(15-16-23)24(28-22,17-9-3-1-4-10-17)18-11-5-2-6-12-18;/h1-14H,15-16H2;1H2. The first-order chi connectivity index (χ1) is 13.8. The largest absolute Gasteiger partial charge is 0.854 e. The predicted molar refractivity (Wildman–Crippen MR) is 106 cm³/mol. The third-order valence-electron chi connectivity index (χ3n) is 6.17. The summed E-state index contributed by atoms with van der Waals surface area (Å²) in [5.41, 5.74) is 1.08. The van der Waals surface area contributed by atoms with E-state index in [1.54, 1.807) is 0 Å². The zero-order chi connectivity index (χ0) is 18.8. The second kappa shape index (κ2) is 6.03. The van der Waals surface area contributed by atoms with Crippen LogP contribution in [0.2, 0.25) is 0 Å². The fraction of sp³-hybridized carbons (Fsp3) is 0.167. The van der Waals surface area contributed by atoms with E-state index in [0.29, 0.717) is 11.3 Å². The van der Waals surface area contributed by atoms with Gasteiger partial charge in [-0.2, -0.15) is 0 Å². The van der Waals surface area contributed by atoms with Gasteiger partial charge in [0.15, 0.2) is 0 Å². The van der Waals surface area contributed by atoms with Gasteiger partial charge < -0.3 is 15.3 Å². The van der Waals surface area contributed by atoms with Crippen molar-refractivity contribution in [2.45, 2.75) is 24.0 Å². The first-order valence-electron chi connectivity index (χ1n) is 9.59. The van der Waals surface area contributed by atoms with Gasteiger partial charge in [0.2, 0.25) is 11.1 Å². The summed E-state index contributed by atoms with van der Waals surface area (Å²) in [6.45, 7) is 0. The van der Waals surface area contributed by atoms with Crippen LogP contribution in [0.3, 0.4) is 0 Å². The minimum atomic E-state index is -0.702. The summed E-state index contributed by atoms with van der Waals surface area (Å²) in [5, 5.41) is 18.7. The summed E-state index contributed by atoms with van der Waals surface area (Å²) in [7, 11) is 0. The number of nitrogens with zero attached hydrogens (tertiary/aromatic N) is 2. The summed E-state index contributed by atoms with van der Waals surface area (Å²) in [6.07, 6.45) is 1.83. The molecule has 0 amide bonds. The highest BCUT2D eigenvalue weighted by molar-refractivity contribution is 5.89. The molecule has 4 aromatic rings. The van der Waals surface area contributed by atoms with Crippen LogP contribution in [0.25, 0.3) is 10.8 Å². The van der Waals surface area contributed by atoms with Crippen molar-refractivity contribution in [3.8, 4) is 11.8 Å². The van der Waals surface area contributed by atoms with Crippen LogP contribution in [0.15, 0.2) is 84.9 Å². The zero-order valence-corrected chi connectivity index (χ0v) is 15.7. The molecule has 6 rings (SSSR count). The van der Waals surface area contributed by atoms with Gasteiger partial charge >= 0.3 is 5.88 Å². The number of ether oxygens (including phenoxy) is 1. The number of fused-ring (bicyclic) bond motifs is 4. The number of hydrogen-bond acceptors (Lipinski definition) is 3. The van der Waals surface area contributed by atoms with Gasteiger partial charge in [0.05, 0.1) is 11.3 Å². The maximum atomic E-state index is 12.8. The molecule has 2 N–H and O–H groups in total. The number of hydrogen-bond donors (Lipinski definition) is 0. The Kier molecular flexibility index (Phi) is 3.67. The zero-order valence-electron chi connectivity index (χ0n) is 15.7. The molecule has 2 heterocycles. The Morgan fingerprint density at radius 3 is 1.83 bits per heavy atom. The third kappa shape index (κ3) is 2.13. The summed E-state index contributed by atoms with van der Waals surface area (Å²) >= 11 is 0. The van der Waals surface area contributed by atoms with Crippen molar-refractivity contribution in [2.75, 3.05) is 0 Å². The maximum absolute atomic E-state index is 12.8. The molecule has 0 atom stereocenters. The van der Waals surface area contributed by atoms with Gasteiger partial charge in [-0.3, -0.25) is 0 Å². The topological polar surface area (TPSA) is 80.6 Å². The highest BCUT2D eigenvalue weighted by Crippen LogP contribution is 2.61. The summed E-state index contributed by atoms with van der Waals surface area (Å²) in [5.74, 6) is 0.478. The van der Waals surface area contributed by atoms with Crippen LogP contribution in [-0.4, -0.2) is 10.6 Å². The van der Waals surface area contributed by atoms with E-state index < -0.39 is 5.60 Å². The van der Waals surface area contributed by atoms with Crippen molar-refractivity contribution in [1.82, 2.24) is 5.10 Å². The van der Waals surface area contributed by atoms with Crippen molar-refractivity contribution in [3.63, 3.8) is 0 Å². The van der Waals surface area contributed by atoms with E-state index in [4.69, 9.17) is 4.74 Å². The lowest BCUT2D eigenvalue weighted by atomic mass is 9.78. The highest BCUT2D eigenvalue weighted by atomic mass is 16.5. The molecule has 1 aromatic heterocycles. The van der Waals surface area contributed by atoms with E-state index in [1.807, 2.05) is 65.3 Å². The molecule has 1 spiro atoms. The van der Waals surface area contributed by atoms with Crippen molar-refractivity contribution < 1.29 is 20.0 Å². The number of benzene rings is 3. The van der Waals surface area contributed by atoms with Crippen molar-refractivity contribution >= 4 is 10.8 Å². The van der Waals surface area contributed by atoms with Gasteiger partial charge in [-0.25, -0.2) is 0 Å². The van der Waals surface area contributed by atoms with E-state index in [1.165, 1.54) is 0 Å². The third-order valence-corrected chi connectivity index (χ3v) is 6.17. The first kappa shape index (κ1) is 17.6. The molecule has 5 heteroatoms. The molecular weight excluding hydrogens is 364 g/mol. The van der Waals surface area contributed by atoms with Crippen molar-refractivity contribution in [1.29, 1.82) is 0 Å². The van der Waals surface area contributed by atoms with E-state index in [9.17, 15) is 5.11 Å². The fourth-order valence-corrected chi connectivity index (χ4v) is 4.79. The highest BCUT2D eigenvalue weighted by Gasteiger charge is 2.78. The van der Waals surface area contributed by atoms with Crippen LogP contribution in [0.1, 0.15) is 24.0 Å². The second-order valence-corrected chi connectivity index (χ2v) is 7.61. The Hall–Kier alpha value is -3.44. The average Bonchev–Trinajstić information content (AvgIpc) is 3.51. The molecule has 2 aliphatic rings. The first-order valence-corrected chi connectivity index (χ1v) is 9.59. The molecule has 3 aromatic carbocycles. The molecule has 0 radical (unpaired) electrons. The summed E-state index contributed by atoms with van der Waals surface area (Å²) < 4.78 is 8.75. The Morgan fingerprint density at radius 1 is 0.759 bits per heavy atom. The molecule has 1 saturated carbocycles. The Balaban J connectivity index is 0.00000181. The Bertz CT molecular complexity index is 1170. The molecule has 1 fully saturated rings. The molecule has 0 bridgehead atoms. The molecular formula is C24H20N2O3. The normalized spacial score (nSPS) is 17.4. The van der Waals surface area contributed by atoms with Gasteiger partial charge in [-0.15, -0.1) is 0 Å². The van der Waals surface area contributed by atoms with Crippen LogP contribution in [0.4, 0.5) is 0 Å². The predicted octanol–water partition coefficient (Wildman–Crippen LogP) is 2.60. The molecule has 1 aliphatic heterocycles. The molecule has 144 valence electrons. The second-order valence-electron chi connectivity index (χ2n) is 7.61. The molecule has 1 aliphatic carbocycles. The summed E-state index contributed by atoms with van der Waals surface area (Å²) in [6, 6.07) is 28.2.